The number of aromatic nitrogens is 1. The van der Waals surface area contributed by atoms with Gasteiger partial charge in [0.05, 0.1) is 11.9 Å². The average Bonchev–Trinajstić information content (AvgIpc) is 2.39. The Kier molecular flexibility index (Phi) is 2.90. The number of hydrogen-bond donors (Lipinski definition) is 2. The lowest BCUT2D eigenvalue weighted by molar-refractivity contribution is -0.0305. The highest BCUT2D eigenvalue weighted by molar-refractivity contribution is 5.50. The summed E-state index contributed by atoms with van der Waals surface area (Å²) in [6, 6.07) is 2.01. The summed E-state index contributed by atoms with van der Waals surface area (Å²) in [6.07, 6.45) is 9.26. The zero-order valence-corrected chi connectivity index (χ0v) is 12.3. The van der Waals surface area contributed by atoms with Crippen molar-refractivity contribution in [1.29, 1.82) is 0 Å². The van der Waals surface area contributed by atoms with Gasteiger partial charge in [-0.05, 0) is 80.2 Å². The van der Waals surface area contributed by atoms with Crippen LogP contribution in [0.5, 0.6) is 0 Å². The van der Waals surface area contributed by atoms with Gasteiger partial charge in [-0.2, -0.15) is 0 Å². The number of anilines is 2. The Balaban J connectivity index is 1.44. The van der Waals surface area contributed by atoms with Gasteiger partial charge in [-0.3, -0.25) is 0 Å². The number of pyridine rings is 1. The highest BCUT2D eigenvalue weighted by atomic mass is 15.0. The van der Waals surface area contributed by atoms with E-state index in [2.05, 4.69) is 17.2 Å². The van der Waals surface area contributed by atoms with Gasteiger partial charge in [0.15, 0.2) is 0 Å². The van der Waals surface area contributed by atoms with Crippen LogP contribution >= 0.6 is 0 Å². The van der Waals surface area contributed by atoms with E-state index in [1.165, 1.54) is 32.1 Å². The largest absolute Gasteiger partial charge is 0.397 e. The first kappa shape index (κ1) is 12.5. The fourth-order valence-corrected chi connectivity index (χ4v) is 5.37. The van der Waals surface area contributed by atoms with Crippen LogP contribution in [0.15, 0.2) is 12.3 Å². The van der Waals surface area contributed by atoms with Gasteiger partial charge in [-0.15, -0.1) is 0 Å². The van der Waals surface area contributed by atoms with Crippen LogP contribution in [0.25, 0.3) is 0 Å². The molecule has 0 unspecified atom stereocenters. The zero-order valence-electron chi connectivity index (χ0n) is 12.3. The molecule has 4 aliphatic carbocycles. The van der Waals surface area contributed by atoms with Gasteiger partial charge in [0.1, 0.15) is 5.82 Å². The van der Waals surface area contributed by atoms with E-state index in [1.807, 2.05) is 6.07 Å². The maximum atomic E-state index is 5.77. The molecule has 0 amide bonds. The zero-order chi connectivity index (χ0) is 13.7. The van der Waals surface area contributed by atoms with Crippen LogP contribution in [0, 0.1) is 36.5 Å². The van der Waals surface area contributed by atoms with Crippen molar-refractivity contribution in [1.82, 2.24) is 4.98 Å². The third-order valence-corrected chi connectivity index (χ3v) is 6.03. The molecule has 1 aromatic rings. The summed E-state index contributed by atoms with van der Waals surface area (Å²) in [4.78, 5) is 4.44. The Bertz CT molecular complexity index is 483. The summed E-state index contributed by atoms with van der Waals surface area (Å²) in [5.74, 6) is 5.98. The van der Waals surface area contributed by atoms with Crippen molar-refractivity contribution in [3.63, 3.8) is 0 Å². The molecule has 0 aliphatic heterocycles. The smallest absolute Gasteiger partial charge is 0.129 e. The predicted octanol–water partition coefficient (Wildman–Crippen LogP) is 3.46. The molecule has 5 rings (SSSR count). The van der Waals surface area contributed by atoms with E-state index in [0.29, 0.717) is 0 Å². The molecule has 3 N–H and O–H groups in total. The molecule has 4 aliphatic rings. The molecular weight excluding hydrogens is 246 g/mol. The van der Waals surface area contributed by atoms with Crippen molar-refractivity contribution in [2.24, 2.45) is 29.6 Å². The first-order valence-corrected chi connectivity index (χ1v) is 8.15. The van der Waals surface area contributed by atoms with Gasteiger partial charge in [0, 0.05) is 6.54 Å². The molecule has 1 heterocycles. The topological polar surface area (TPSA) is 50.9 Å². The molecule has 0 radical (unpaired) electrons. The lowest BCUT2D eigenvalue weighted by Crippen LogP contribution is -2.47. The van der Waals surface area contributed by atoms with Crippen LogP contribution in [-0.2, 0) is 0 Å². The molecule has 3 heteroatoms. The van der Waals surface area contributed by atoms with E-state index in [0.717, 1.165) is 53.2 Å². The van der Waals surface area contributed by atoms with Crippen LogP contribution in [0.2, 0.25) is 0 Å². The number of nitrogen functional groups attached to an aromatic ring is 1. The fourth-order valence-electron chi connectivity index (χ4n) is 5.37. The van der Waals surface area contributed by atoms with E-state index < -0.39 is 0 Å². The van der Waals surface area contributed by atoms with Crippen molar-refractivity contribution in [2.75, 3.05) is 17.6 Å². The molecular formula is C17H25N3. The summed E-state index contributed by atoms with van der Waals surface area (Å²) in [5, 5.41) is 3.60. The van der Waals surface area contributed by atoms with Crippen molar-refractivity contribution < 1.29 is 0 Å². The second-order valence-electron chi connectivity index (χ2n) is 7.41. The van der Waals surface area contributed by atoms with E-state index >= 15 is 0 Å². The second-order valence-corrected chi connectivity index (χ2v) is 7.41. The maximum Gasteiger partial charge on any atom is 0.129 e. The molecule has 0 spiro atoms. The number of hydrogen-bond acceptors (Lipinski definition) is 3. The normalized spacial score (nSPS) is 38.1. The van der Waals surface area contributed by atoms with Crippen molar-refractivity contribution in [2.45, 2.75) is 39.0 Å². The molecule has 4 bridgehead atoms. The molecule has 4 fully saturated rings. The fraction of sp³-hybridized carbons (Fsp3) is 0.706. The summed E-state index contributed by atoms with van der Waals surface area (Å²) < 4.78 is 0. The average molecular weight is 271 g/mol. The number of nitrogens with zero attached hydrogens (tertiary/aromatic N) is 1. The van der Waals surface area contributed by atoms with Gasteiger partial charge in [-0.25, -0.2) is 4.98 Å². The van der Waals surface area contributed by atoms with Crippen LogP contribution in [0.3, 0.4) is 0 Å². The van der Waals surface area contributed by atoms with E-state index in [1.54, 1.807) is 6.20 Å². The number of nitrogens with one attached hydrogen (secondary N) is 1. The van der Waals surface area contributed by atoms with E-state index in [-0.39, 0.29) is 0 Å². The molecule has 0 saturated heterocycles. The monoisotopic (exact) mass is 271 g/mol. The molecule has 108 valence electrons. The van der Waals surface area contributed by atoms with Gasteiger partial charge >= 0.3 is 0 Å². The third-order valence-electron chi connectivity index (χ3n) is 6.03. The summed E-state index contributed by atoms with van der Waals surface area (Å²) in [5.41, 5.74) is 7.68. The number of rotatable bonds is 3. The molecule has 0 aromatic carbocycles. The molecule has 4 saturated carbocycles. The Morgan fingerprint density at radius 2 is 1.80 bits per heavy atom. The van der Waals surface area contributed by atoms with Crippen molar-refractivity contribution in [3.8, 4) is 0 Å². The SMILES string of the molecule is Cc1cc(N)cnc1NCC1C2CC3CC(C2)CC1C3. The second kappa shape index (κ2) is 4.64. The van der Waals surface area contributed by atoms with Gasteiger partial charge in [0.2, 0.25) is 0 Å². The lowest BCUT2D eigenvalue weighted by Gasteiger charge is -2.54. The Labute approximate surface area is 121 Å². The van der Waals surface area contributed by atoms with E-state index in [9.17, 15) is 0 Å². The number of aryl methyl sites for hydroxylation is 1. The van der Waals surface area contributed by atoms with Gasteiger partial charge < -0.3 is 11.1 Å². The Morgan fingerprint density at radius 3 is 2.40 bits per heavy atom. The lowest BCUT2D eigenvalue weighted by atomic mass is 9.52. The molecule has 20 heavy (non-hydrogen) atoms. The minimum Gasteiger partial charge on any atom is -0.397 e. The summed E-state index contributed by atoms with van der Waals surface area (Å²) in [7, 11) is 0. The van der Waals surface area contributed by atoms with Crippen molar-refractivity contribution in [3.05, 3.63) is 17.8 Å². The minimum absolute atomic E-state index is 0.752. The van der Waals surface area contributed by atoms with Gasteiger partial charge in [-0.1, -0.05) is 0 Å². The first-order valence-electron chi connectivity index (χ1n) is 8.15. The highest BCUT2D eigenvalue weighted by Gasteiger charge is 2.47. The molecule has 1 aromatic heterocycles. The quantitative estimate of drug-likeness (QED) is 0.885. The van der Waals surface area contributed by atoms with Crippen LogP contribution in [0.1, 0.15) is 37.7 Å². The van der Waals surface area contributed by atoms with Crippen LogP contribution in [-0.4, -0.2) is 11.5 Å². The molecule has 3 nitrogen and oxygen atoms in total. The van der Waals surface area contributed by atoms with E-state index in [4.69, 9.17) is 5.73 Å². The van der Waals surface area contributed by atoms with Gasteiger partial charge in [0.25, 0.3) is 0 Å². The summed E-state index contributed by atoms with van der Waals surface area (Å²) >= 11 is 0. The maximum absolute atomic E-state index is 5.77. The first-order chi connectivity index (χ1) is 9.69. The Morgan fingerprint density at radius 1 is 1.15 bits per heavy atom. The number of nitrogens with two attached hydrogens (primary N) is 1. The molecule has 0 atom stereocenters. The summed E-state index contributed by atoms with van der Waals surface area (Å²) in [6.45, 7) is 3.19. The van der Waals surface area contributed by atoms with Crippen LogP contribution < -0.4 is 11.1 Å². The predicted molar refractivity (Wildman–Crippen MR) is 82.4 cm³/mol. The Hall–Kier alpha value is -1.25. The third kappa shape index (κ3) is 2.07. The van der Waals surface area contributed by atoms with Crippen molar-refractivity contribution >= 4 is 11.5 Å². The standard InChI is InChI=1S/C17H25N3/c1-10-2-15(18)8-19-17(10)20-9-16-13-4-11-3-12(6-13)7-14(16)5-11/h2,8,11-14,16H,3-7,9,18H2,1H3,(H,19,20). The van der Waals surface area contributed by atoms with Crippen LogP contribution in [0.4, 0.5) is 11.5 Å². The minimum atomic E-state index is 0.752. The highest BCUT2D eigenvalue weighted by Crippen LogP contribution is 2.56.